The van der Waals surface area contributed by atoms with Gasteiger partial charge in [-0.1, -0.05) is 44.9 Å². The SMILES string of the molecule is C=C[C@@]1(C)CC=C2[C@@H](CC[C@@H]3[C@](C)(COC(=O)CN4CCN(S(=O)(=O)c5ccc(OC)cc5)CC4)CCC[C@@]23C)C1. The number of nitrogens with zero attached hydrogens (tertiary/aromatic N) is 2. The van der Waals surface area contributed by atoms with E-state index in [-0.39, 0.29) is 33.7 Å². The van der Waals surface area contributed by atoms with Crippen molar-refractivity contribution in [2.45, 2.75) is 70.6 Å². The number of fused-ring (bicyclic) bond motifs is 3. The summed E-state index contributed by atoms with van der Waals surface area (Å²) in [6.45, 7) is 13.6. The second kappa shape index (κ2) is 11.5. The average molecular weight is 585 g/mol. The van der Waals surface area contributed by atoms with Gasteiger partial charge < -0.3 is 9.47 Å². The second-order valence-corrected chi connectivity index (χ2v) is 15.6. The Kier molecular flexibility index (Phi) is 8.50. The van der Waals surface area contributed by atoms with E-state index in [2.05, 4.69) is 39.5 Å². The zero-order valence-electron chi connectivity index (χ0n) is 25.4. The van der Waals surface area contributed by atoms with Gasteiger partial charge in [-0.25, -0.2) is 8.42 Å². The van der Waals surface area contributed by atoms with Crippen LogP contribution in [0.15, 0.2) is 53.5 Å². The number of benzene rings is 1. The van der Waals surface area contributed by atoms with Crippen LogP contribution in [-0.2, 0) is 19.6 Å². The van der Waals surface area contributed by atoms with Gasteiger partial charge >= 0.3 is 5.97 Å². The summed E-state index contributed by atoms with van der Waals surface area (Å²) in [6.07, 6.45) is 12.8. The molecular formula is C33H48N2O5S. The van der Waals surface area contributed by atoms with E-state index in [4.69, 9.17) is 9.47 Å². The Labute approximate surface area is 247 Å². The summed E-state index contributed by atoms with van der Waals surface area (Å²) in [7, 11) is -2.03. The van der Waals surface area contributed by atoms with Gasteiger partial charge in [0.15, 0.2) is 0 Å². The Morgan fingerprint density at radius 1 is 1.07 bits per heavy atom. The molecule has 5 rings (SSSR count). The summed E-state index contributed by atoms with van der Waals surface area (Å²) in [5, 5.41) is 0. The van der Waals surface area contributed by atoms with Gasteiger partial charge in [0.2, 0.25) is 10.0 Å². The normalized spacial score (nSPS) is 34.6. The summed E-state index contributed by atoms with van der Waals surface area (Å²) >= 11 is 0. The van der Waals surface area contributed by atoms with Crippen LogP contribution in [0.3, 0.4) is 0 Å². The molecule has 3 aliphatic carbocycles. The minimum Gasteiger partial charge on any atom is -0.497 e. The maximum absolute atomic E-state index is 13.1. The first-order chi connectivity index (χ1) is 19.4. The maximum atomic E-state index is 13.1. The number of esters is 1. The van der Waals surface area contributed by atoms with Gasteiger partial charge in [0.25, 0.3) is 0 Å². The molecule has 1 aliphatic heterocycles. The topological polar surface area (TPSA) is 76.2 Å². The standard InChI is InChI=1S/C33H48N2O5S/c1-6-31(2)17-14-28-25(22-31)8-13-29-32(3,15-7-16-33(28,29)4)24-40-30(36)23-34-18-20-35(21-19-34)41(37,38)27-11-9-26(39-5)10-12-27/h6,9-12,14,25,29H,1,7-8,13,15-24H2,2-5H3/t25-,29+,31-,32-,33-/m0/s1. The van der Waals surface area contributed by atoms with Crippen LogP contribution < -0.4 is 4.74 Å². The average Bonchev–Trinajstić information content (AvgIpc) is 2.96. The van der Waals surface area contributed by atoms with Gasteiger partial charge in [0.1, 0.15) is 5.75 Å². The Bertz CT molecular complexity index is 1270. The number of hydrogen-bond donors (Lipinski definition) is 0. The lowest BCUT2D eigenvalue weighted by Crippen LogP contribution is -2.52. The fraction of sp³-hybridized carbons (Fsp3) is 0.667. The number of carbonyl (C=O) groups excluding carboxylic acids is 1. The molecule has 5 atom stereocenters. The number of piperazine rings is 1. The highest BCUT2D eigenvalue weighted by molar-refractivity contribution is 7.89. The summed E-state index contributed by atoms with van der Waals surface area (Å²) in [6, 6.07) is 6.46. The molecule has 0 unspecified atom stereocenters. The molecule has 226 valence electrons. The van der Waals surface area contributed by atoms with E-state index in [9.17, 15) is 13.2 Å². The second-order valence-electron chi connectivity index (χ2n) is 13.7. The van der Waals surface area contributed by atoms with Crippen LogP contribution in [0, 0.1) is 28.1 Å². The molecule has 1 aromatic rings. The van der Waals surface area contributed by atoms with Crippen molar-refractivity contribution in [2.24, 2.45) is 28.1 Å². The number of sulfonamides is 1. The fourth-order valence-electron chi connectivity index (χ4n) is 8.42. The van der Waals surface area contributed by atoms with E-state index in [0.29, 0.717) is 50.4 Å². The van der Waals surface area contributed by atoms with Gasteiger partial charge in [-0.15, -0.1) is 6.58 Å². The molecular weight excluding hydrogens is 536 g/mol. The van der Waals surface area contributed by atoms with Crippen molar-refractivity contribution in [1.82, 2.24) is 9.21 Å². The highest BCUT2D eigenvalue weighted by Gasteiger charge is 2.55. The molecule has 1 saturated heterocycles. The predicted molar refractivity (Wildman–Crippen MR) is 161 cm³/mol. The first-order valence-electron chi connectivity index (χ1n) is 15.3. The summed E-state index contributed by atoms with van der Waals surface area (Å²) < 4.78 is 38.8. The van der Waals surface area contributed by atoms with Gasteiger partial charge in [-0.3, -0.25) is 9.69 Å². The third kappa shape index (κ3) is 5.89. The van der Waals surface area contributed by atoms with Crippen LogP contribution in [0.25, 0.3) is 0 Å². The van der Waals surface area contributed by atoms with E-state index in [1.165, 1.54) is 30.0 Å². The largest absolute Gasteiger partial charge is 0.497 e. The highest BCUT2D eigenvalue weighted by atomic mass is 32.2. The number of carbonyl (C=O) groups is 1. The Balaban J connectivity index is 1.15. The van der Waals surface area contributed by atoms with Crippen LogP contribution in [0.1, 0.15) is 65.7 Å². The van der Waals surface area contributed by atoms with E-state index >= 15 is 0 Å². The van der Waals surface area contributed by atoms with Crippen LogP contribution in [-0.4, -0.2) is 70.0 Å². The molecule has 0 amide bonds. The molecule has 8 heteroatoms. The molecule has 41 heavy (non-hydrogen) atoms. The lowest BCUT2D eigenvalue weighted by Gasteiger charge is -2.59. The van der Waals surface area contributed by atoms with E-state index in [1.54, 1.807) is 36.9 Å². The van der Waals surface area contributed by atoms with E-state index in [1.807, 2.05) is 4.90 Å². The molecule has 4 aliphatic rings. The third-order valence-electron chi connectivity index (χ3n) is 10.9. The Hall–Kier alpha value is -2.16. The van der Waals surface area contributed by atoms with E-state index in [0.717, 1.165) is 19.3 Å². The summed E-state index contributed by atoms with van der Waals surface area (Å²) in [5.41, 5.74) is 2.01. The van der Waals surface area contributed by atoms with Gasteiger partial charge in [0.05, 0.1) is 25.2 Å². The molecule has 1 aromatic carbocycles. The van der Waals surface area contributed by atoms with Crippen molar-refractivity contribution in [3.05, 3.63) is 48.6 Å². The van der Waals surface area contributed by atoms with Gasteiger partial charge in [0, 0.05) is 31.6 Å². The molecule has 3 fully saturated rings. The zero-order chi connectivity index (χ0) is 29.5. The first-order valence-corrected chi connectivity index (χ1v) is 16.7. The molecule has 0 N–H and O–H groups in total. The minimum absolute atomic E-state index is 0.0290. The predicted octanol–water partition coefficient (Wildman–Crippen LogP) is 5.68. The molecule has 7 nitrogen and oxygen atoms in total. The Morgan fingerprint density at radius 3 is 2.44 bits per heavy atom. The number of hydrogen-bond acceptors (Lipinski definition) is 6. The van der Waals surface area contributed by atoms with Crippen molar-refractivity contribution in [3.63, 3.8) is 0 Å². The van der Waals surface area contributed by atoms with Crippen LogP contribution in [0.5, 0.6) is 5.75 Å². The number of methoxy groups -OCH3 is 1. The third-order valence-corrected chi connectivity index (χ3v) is 12.8. The number of allylic oxidation sites excluding steroid dienone is 3. The highest BCUT2D eigenvalue weighted by Crippen LogP contribution is 2.63. The van der Waals surface area contributed by atoms with Gasteiger partial charge in [-0.05, 0) is 85.5 Å². The zero-order valence-corrected chi connectivity index (χ0v) is 26.2. The van der Waals surface area contributed by atoms with Crippen molar-refractivity contribution in [1.29, 1.82) is 0 Å². The van der Waals surface area contributed by atoms with E-state index < -0.39 is 10.0 Å². The quantitative estimate of drug-likeness (QED) is 0.289. The molecule has 0 bridgehead atoms. The first kappa shape index (κ1) is 30.3. The summed E-state index contributed by atoms with van der Waals surface area (Å²) in [5.74, 6) is 1.56. The lowest BCUT2D eigenvalue weighted by molar-refractivity contribution is -0.154. The van der Waals surface area contributed by atoms with Crippen molar-refractivity contribution < 1.29 is 22.7 Å². The lowest BCUT2D eigenvalue weighted by atomic mass is 9.46. The number of ether oxygens (including phenoxy) is 2. The molecule has 1 heterocycles. The van der Waals surface area contributed by atoms with Crippen molar-refractivity contribution in [2.75, 3.05) is 46.4 Å². The molecule has 2 saturated carbocycles. The number of rotatable bonds is 8. The smallest absolute Gasteiger partial charge is 0.320 e. The molecule has 0 spiro atoms. The molecule has 0 aromatic heterocycles. The van der Waals surface area contributed by atoms with Gasteiger partial charge in [-0.2, -0.15) is 4.31 Å². The fourth-order valence-corrected chi connectivity index (χ4v) is 9.84. The maximum Gasteiger partial charge on any atom is 0.320 e. The summed E-state index contributed by atoms with van der Waals surface area (Å²) in [4.78, 5) is 15.3. The molecule has 0 radical (unpaired) electrons. The van der Waals surface area contributed by atoms with Crippen LogP contribution in [0.2, 0.25) is 0 Å². The van der Waals surface area contributed by atoms with Crippen molar-refractivity contribution >= 4 is 16.0 Å². The minimum atomic E-state index is -3.58. The Morgan fingerprint density at radius 2 is 1.78 bits per heavy atom. The monoisotopic (exact) mass is 584 g/mol. The van der Waals surface area contributed by atoms with Crippen LogP contribution in [0.4, 0.5) is 0 Å². The van der Waals surface area contributed by atoms with Crippen molar-refractivity contribution in [3.8, 4) is 5.75 Å². The van der Waals surface area contributed by atoms with Crippen LogP contribution >= 0.6 is 0 Å².